The van der Waals surface area contributed by atoms with E-state index >= 15 is 0 Å². The molecule has 0 fully saturated rings. The van der Waals surface area contributed by atoms with Gasteiger partial charge in [-0.2, -0.15) is 0 Å². The van der Waals surface area contributed by atoms with Crippen LogP contribution in [0.25, 0.3) is 0 Å². The van der Waals surface area contributed by atoms with E-state index in [4.69, 9.17) is 10.2 Å². The molecule has 9 nitrogen and oxygen atoms in total. The van der Waals surface area contributed by atoms with Crippen LogP contribution in [0.15, 0.2) is 0 Å². The van der Waals surface area contributed by atoms with Crippen molar-refractivity contribution in [3.05, 3.63) is 0 Å². The van der Waals surface area contributed by atoms with Crippen LogP contribution in [0.5, 0.6) is 0 Å². The van der Waals surface area contributed by atoms with Crippen LogP contribution in [0.2, 0.25) is 0 Å². The molecule has 0 aliphatic rings. The summed E-state index contributed by atoms with van der Waals surface area (Å²) < 4.78 is 24.4. The summed E-state index contributed by atoms with van der Waals surface area (Å²) in [5.41, 5.74) is -0.928. The van der Waals surface area contributed by atoms with Crippen molar-refractivity contribution < 1.29 is 28.2 Å². The summed E-state index contributed by atoms with van der Waals surface area (Å²) in [7, 11) is -3.43. The predicted octanol–water partition coefficient (Wildman–Crippen LogP) is -1.94. The largest absolute Gasteiger partial charge is 0.480 e. The van der Waals surface area contributed by atoms with Crippen molar-refractivity contribution in [3.8, 4) is 0 Å². The van der Waals surface area contributed by atoms with Crippen LogP contribution >= 0.6 is 0 Å². The minimum atomic E-state index is -3.43. The fourth-order valence-corrected chi connectivity index (χ4v) is 2.31. The van der Waals surface area contributed by atoms with Gasteiger partial charge in [0.05, 0.1) is 12.9 Å². The first-order chi connectivity index (χ1) is 8.47. The molecule has 0 aliphatic heterocycles. The number of aliphatic carboxylic acids is 1. The van der Waals surface area contributed by atoms with Crippen LogP contribution in [-0.4, -0.2) is 61.6 Å². The highest BCUT2D eigenvalue weighted by atomic mass is 32.2. The number of urea groups is 1. The molecule has 0 bridgehead atoms. The summed E-state index contributed by atoms with van der Waals surface area (Å²) >= 11 is 0. The average Bonchev–Trinajstić information content (AvgIpc) is 2.19. The molecule has 5 N–H and O–H groups in total. The second-order valence-electron chi connectivity index (χ2n) is 4.66. The number of sulfonamides is 1. The van der Waals surface area contributed by atoms with E-state index in [0.717, 1.165) is 6.26 Å². The van der Waals surface area contributed by atoms with E-state index in [-0.39, 0.29) is 6.54 Å². The van der Waals surface area contributed by atoms with Crippen LogP contribution in [0.1, 0.15) is 13.8 Å². The highest BCUT2D eigenvalue weighted by Gasteiger charge is 2.24. The Balaban J connectivity index is 4.33. The van der Waals surface area contributed by atoms with Crippen molar-refractivity contribution >= 4 is 22.0 Å². The Morgan fingerprint density at radius 3 is 2.21 bits per heavy atom. The number of amides is 2. The number of aliphatic hydroxyl groups is 1. The maximum Gasteiger partial charge on any atom is 0.328 e. The molecule has 0 saturated heterocycles. The number of carboxylic acid groups (broad SMARTS) is 1. The molecule has 0 aliphatic carbocycles. The first-order valence-corrected chi connectivity index (χ1v) is 7.23. The lowest BCUT2D eigenvalue weighted by atomic mass is 10.1. The molecule has 0 radical (unpaired) electrons. The van der Waals surface area contributed by atoms with E-state index in [1.54, 1.807) is 13.8 Å². The first-order valence-electron chi connectivity index (χ1n) is 5.34. The molecule has 10 heteroatoms. The van der Waals surface area contributed by atoms with Gasteiger partial charge in [0.15, 0.2) is 6.04 Å². The topological polar surface area (TPSA) is 145 Å². The Morgan fingerprint density at radius 2 is 1.84 bits per heavy atom. The fraction of sp³-hybridized carbons (Fsp3) is 0.778. The number of carbonyl (C=O) groups excluding carboxylic acids is 1. The molecule has 112 valence electrons. The molecule has 0 aromatic heterocycles. The van der Waals surface area contributed by atoms with Gasteiger partial charge in [-0.15, -0.1) is 0 Å². The standard InChI is InChI=1S/C9H19N3O6S/c1-9(2,12-19(3,17)18)5-10-8(16)11-6(4-13)7(14)15/h6,12-13H,4-5H2,1-3H3,(H,14,15)(H2,10,11,16). The molecule has 0 aromatic carbocycles. The van der Waals surface area contributed by atoms with Gasteiger partial charge in [-0.1, -0.05) is 0 Å². The zero-order valence-corrected chi connectivity index (χ0v) is 11.7. The van der Waals surface area contributed by atoms with Gasteiger partial charge >= 0.3 is 12.0 Å². The van der Waals surface area contributed by atoms with Crippen LogP contribution in [0.4, 0.5) is 4.79 Å². The summed E-state index contributed by atoms with van der Waals surface area (Å²) in [6, 6.07) is -2.23. The van der Waals surface area contributed by atoms with Gasteiger partial charge < -0.3 is 20.8 Å². The molecular weight excluding hydrogens is 278 g/mol. The van der Waals surface area contributed by atoms with Gasteiger partial charge in [0.1, 0.15) is 0 Å². The summed E-state index contributed by atoms with van der Waals surface area (Å²) in [6.07, 6.45) is 0.987. The lowest BCUT2D eigenvalue weighted by molar-refractivity contribution is -0.140. The number of hydrogen-bond acceptors (Lipinski definition) is 5. The van der Waals surface area contributed by atoms with E-state index in [1.807, 2.05) is 5.32 Å². The van der Waals surface area contributed by atoms with Crippen molar-refractivity contribution in [3.63, 3.8) is 0 Å². The molecular formula is C9H19N3O6S. The van der Waals surface area contributed by atoms with E-state index in [1.165, 1.54) is 0 Å². The summed E-state index contributed by atoms with van der Waals surface area (Å²) in [5, 5.41) is 21.7. The maximum atomic E-state index is 11.4. The molecule has 19 heavy (non-hydrogen) atoms. The number of nitrogens with one attached hydrogen (secondary N) is 3. The Bertz CT molecular complexity index is 433. The van der Waals surface area contributed by atoms with Gasteiger partial charge in [-0.25, -0.2) is 22.7 Å². The molecule has 0 spiro atoms. The first kappa shape index (κ1) is 17.6. The fourth-order valence-electron chi connectivity index (χ4n) is 1.23. The molecule has 2 amide bonds. The molecule has 0 heterocycles. The Labute approximate surface area is 111 Å². The predicted molar refractivity (Wildman–Crippen MR) is 67.1 cm³/mol. The summed E-state index contributed by atoms with van der Waals surface area (Å²) in [4.78, 5) is 21.9. The van der Waals surface area contributed by atoms with Gasteiger partial charge in [0, 0.05) is 12.1 Å². The minimum absolute atomic E-state index is 0.0519. The Morgan fingerprint density at radius 1 is 1.32 bits per heavy atom. The van der Waals surface area contributed by atoms with Crippen molar-refractivity contribution in [1.82, 2.24) is 15.4 Å². The van der Waals surface area contributed by atoms with Crippen molar-refractivity contribution in [2.75, 3.05) is 19.4 Å². The highest BCUT2D eigenvalue weighted by molar-refractivity contribution is 7.88. The van der Waals surface area contributed by atoms with E-state index in [0.29, 0.717) is 0 Å². The second-order valence-corrected chi connectivity index (χ2v) is 6.41. The number of rotatable bonds is 7. The smallest absolute Gasteiger partial charge is 0.328 e. The Kier molecular flexibility index (Phi) is 6.19. The highest BCUT2D eigenvalue weighted by Crippen LogP contribution is 2.01. The third-order valence-corrected chi connectivity index (χ3v) is 2.86. The van der Waals surface area contributed by atoms with Gasteiger partial charge in [0.2, 0.25) is 10.0 Å². The normalized spacial score (nSPS) is 13.7. The lowest BCUT2D eigenvalue weighted by Crippen LogP contribution is -2.54. The molecule has 0 rings (SSSR count). The lowest BCUT2D eigenvalue weighted by Gasteiger charge is -2.25. The third-order valence-electron chi connectivity index (χ3n) is 1.94. The minimum Gasteiger partial charge on any atom is -0.480 e. The Hall–Kier alpha value is -1.39. The molecule has 1 atom stereocenters. The molecule has 0 saturated carbocycles. The van der Waals surface area contributed by atoms with Crippen LogP contribution < -0.4 is 15.4 Å². The third kappa shape index (κ3) is 8.35. The van der Waals surface area contributed by atoms with E-state index < -0.39 is 40.2 Å². The van der Waals surface area contributed by atoms with Gasteiger partial charge in [-0.05, 0) is 13.8 Å². The zero-order valence-electron chi connectivity index (χ0n) is 10.9. The van der Waals surface area contributed by atoms with Crippen LogP contribution in [0, 0.1) is 0 Å². The number of hydrogen-bond donors (Lipinski definition) is 5. The SMILES string of the molecule is CC(C)(CNC(=O)NC(CO)C(=O)O)NS(C)(=O)=O. The van der Waals surface area contributed by atoms with Crippen molar-refractivity contribution in [2.24, 2.45) is 0 Å². The summed E-state index contributed by atoms with van der Waals surface area (Å²) in [5.74, 6) is -1.37. The second kappa shape index (κ2) is 6.68. The number of carbonyl (C=O) groups is 2. The van der Waals surface area contributed by atoms with Crippen LogP contribution in [0.3, 0.4) is 0 Å². The zero-order chi connectivity index (χ0) is 15.3. The monoisotopic (exact) mass is 297 g/mol. The van der Waals surface area contributed by atoms with E-state index in [2.05, 4.69) is 10.0 Å². The average molecular weight is 297 g/mol. The van der Waals surface area contributed by atoms with Crippen molar-refractivity contribution in [2.45, 2.75) is 25.4 Å². The molecule has 1 unspecified atom stereocenters. The quantitative estimate of drug-likeness (QED) is 0.369. The summed E-state index contributed by atoms with van der Waals surface area (Å²) in [6.45, 7) is 2.31. The van der Waals surface area contributed by atoms with Crippen molar-refractivity contribution in [1.29, 1.82) is 0 Å². The number of carboxylic acids is 1. The van der Waals surface area contributed by atoms with Crippen LogP contribution in [-0.2, 0) is 14.8 Å². The van der Waals surface area contributed by atoms with E-state index in [9.17, 15) is 18.0 Å². The number of aliphatic hydroxyl groups excluding tert-OH is 1. The van der Waals surface area contributed by atoms with Gasteiger partial charge in [-0.3, -0.25) is 0 Å². The molecule has 0 aromatic rings. The van der Waals surface area contributed by atoms with Gasteiger partial charge in [0.25, 0.3) is 0 Å². The maximum absolute atomic E-state index is 11.4.